The van der Waals surface area contributed by atoms with Gasteiger partial charge in [-0.3, -0.25) is 4.79 Å². The maximum Gasteiger partial charge on any atom is 0.314 e. The van der Waals surface area contributed by atoms with Crippen LogP contribution in [0, 0.1) is 34.0 Å². The van der Waals surface area contributed by atoms with Crippen molar-refractivity contribution in [1.82, 2.24) is 0 Å². The molecule has 27 unspecified atom stereocenters. The molecule has 0 amide bonds. The summed E-state index contributed by atoms with van der Waals surface area (Å²) in [5.41, 5.74) is -2.71. The third-order valence-corrected chi connectivity index (χ3v) is 19.7. The molecule has 4 saturated heterocycles. The number of rotatable bonds is 15. The number of aliphatic hydroxyl groups excluding tert-OH is 17. The normalized spacial score (nSPS) is 54.5. The molecule has 5 aliphatic carbocycles. The summed E-state index contributed by atoms with van der Waals surface area (Å²) < 4.78 is 55.1. The molecule has 9 fully saturated rings. The van der Waals surface area contributed by atoms with Crippen molar-refractivity contribution in [1.29, 1.82) is 0 Å². The molecule has 0 aromatic rings. The van der Waals surface area contributed by atoms with Crippen molar-refractivity contribution < 1.29 is 134 Å². The van der Waals surface area contributed by atoms with Gasteiger partial charge in [0.1, 0.15) is 104 Å². The second kappa shape index (κ2) is 23.3. The highest BCUT2D eigenvalue weighted by molar-refractivity contribution is 5.77. The molecule has 27 heteroatoms. The predicted octanol–water partition coefficient (Wildman–Crippen LogP) is -6.63. The second-order valence-corrected chi connectivity index (χ2v) is 24.1. The fraction of sp³-hybridized carbons (Fsp3) is 0.941. The number of fused-ring (bicyclic) bond motifs is 3. The summed E-state index contributed by atoms with van der Waals surface area (Å²) in [4.78, 5) is 14.9. The summed E-state index contributed by atoms with van der Waals surface area (Å²) in [6.07, 6.45) is -36.9. The molecular weight excluding hydrogens is 1040 g/mol. The summed E-state index contributed by atoms with van der Waals surface area (Å²) in [6.45, 7) is 4.65. The Bertz CT molecular complexity index is 2070. The Morgan fingerprint density at radius 2 is 1.04 bits per heavy atom. The van der Waals surface area contributed by atoms with Gasteiger partial charge in [-0.15, -0.1) is 0 Å². The highest BCUT2D eigenvalue weighted by atomic mass is 16.8. The minimum absolute atomic E-state index is 0.0540. The Balaban J connectivity index is 0.968. The Hall–Kier alpha value is -1.79. The van der Waals surface area contributed by atoms with E-state index in [1.807, 2.05) is 0 Å². The van der Waals surface area contributed by atoms with E-state index < -0.39 is 214 Å². The molecule has 4 heterocycles. The van der Waals surface area contributed by atoms with Gasteiger partial charge in [0.25, 0.3) is 0 Å². The van der Waals surface area contributed by atoms with Crippen molar-refractivity contribution in [2.45, 2.75) is 231 Å². The van der Waals surface area contributed by atoms with Crippen molar-refractivity contribution >= 4 is 5.97 Å². The van der Waals surface area contributed by atoms with E-state index in [9.17, 15) is 91.6 Å². The molecule has 448 valence electrons. The van der Waals surface area contributed by atoms with Crippen LogP contribution >= 0.6 is 0 Å². The number of ether oxygens (including phenoxy) is 9. The lowest BCUT2D eigenvalue weighted by atomic mass is 9.41. The average molecular weight is 1130 g/mol. The van der Waals surface area contributed by atoms with E-state index in [4.69, 9.17) is 42.6 Å². The molecular formula is C51H82O27. The molecule has 9 rings (SSSR count). The summed E-state index contributed by atoms with van der Waals surface area (Å²) >= 11 is 0. The zero-order chi connectivity index (χ0) is 56.7. The lowest BCUT2D eigenvalue weighted by molar-refractivity contribution is -0.386. The predicted molar refractivity (Wildman–Crippen MR) is 255 cm³/mol. The van der Waals surface area contributed by atoms with Gasteiger partial charge in [-0.05, 0) is 93.0 Å². The first kappa shape index (κ1) is 60.8. The van der Waals surface area contributed by atoms with E-state index in [0.717, 1.165) is 0 Å². The van der Waals surface area contributed by atoms with Crippen LogP contribution in [0.5, 0.6) is 0 Å². The molecule has 17 N–H and O–H groups in total. The monoisotopic (exact) mass is 1130 g/mol. The maximum atomic E-state index is 14.9. The second-order valence-electron chi connectivity index (χ2n) is 24.1. The zero-order valence-electron chi connectivity index (χ0n) is 43.6. The number of carbonyl (C=O) groups is 1. The van der Waals surface area contributed by atoms with E-state index in [-0.39, 0.29) is 18.3 Å². The van der Waals surface area contributed by atoms with Gasteiger partial charge in [0.15, 0.2) is 25.0 Å². The summed E-state index contributed by atoms with van der Waals surface area (Å²) in [5, 5.41) is 181. The molecule has 2 bridgehead atoms. The number of hydrogen-bond acceptors (Lipinski definition) is 27. The Labute approximate surface area is 449 Å². The maximum absolute atomic E-state index is 14.9. The molecule has 0 aromatic heterocycles. The quantitative estimate of drug-likeness (QED) is 0.0412. The first-order chi connectivity index (χ1) is 36.9. The topological polar surface area (TPSA) is 444 Å². The van der Waals surface area contributed by atoms with Crippen molar-refractivity contribution in [2.24, 2.45) is 34.0 Å². The van der Waals surface area contributed by atoms with Crippen molar-refractivity contribution in [3.63, 3.8) is 0 Å². The minimum Gasteiger partial charge on any atom is -0.432 e. The summed E-state index contributed by atoms with van der Waals surface area (Å²) in [5.74, 6) is -2.09. The van der Waals surface area contributed by atoms with Gasteiger partial charge in [-0.2, -0.15) is 0 Å². The molecule has 1 spiro atoms. The summed E-state index contributed by atoms with van der Waals surface area (Å²) in [7, 11) is 0. The highest BCUT2D eigenvalue weighted by Gasteiger charge is 2.70. The van der Waals surface area contributed by atoms with Crippen LogP contribution in [0.1, 0.15) is 78.1 Å². The first-order valence-corrected chi connectivity index (χ1v) is 27.2. The van der Waals surface area contributed by atoms with Gasteiger partial charge < -0.3 is 129 Å². The SMILES string of the molecule is C=C1C[C@@]23CCC4[C@@](C)(CCC[C@@]4(C)C(=O)OC4OC(CO)C(O)C(O)C4OC4OC(CO)C(O)C(O)C4O)C2CC[C@]1(OC1OC(CO)C(O)C(OC2CC(CO)C(O)C(O)C2O)C1OC1OC(CO)C(O)C(O)C1O)C3. The average Bonchev–Trinajstić information content (AvgIpc) is 3.69. The van der Waals surface area contributed by atoms with Crippen LogP contribution in [0.15, 0.2) is 12.2 Å². The Morgan fingerprint density at radius 1 is 0.526 bits per heavy atom. The molecule has 0 aromatic carbocycles. The van der Waals surface area contributed by atoms with Gasteiger partial charge in [0, 0.05) is 12.5 Å². The molecule has 78 heavy (non-hydrogen) atoms. The smallest absolute Gasteiger partial charge is 0.314 e. The van der Waals surface area contributed by atoms with Crippen LogP contribution in [0.3, 0.4) is 0 Å². The van der Waals surface area contributed by atoms with Gasteiger partial charge in [0.05, 0.1) is 49.7 Å². The van der Waals surface area contributed by atoms with E-state index in [2.05, 4.69) is 13.5 Å². The molecule has 31 atom stereocenters. The Morgan fingerprint density at radius 3 is 1.62 bits per heavy atom. The van der Waals surface area contributed by atoms with E-state index in [0.29, 0.717) is 63.4 Å². The minimum atomic E-state index is -1.96. The number of carbonyl (C=O) groups excluding carboxylic acids is 1. The van der Waals surface area contributed by atoms with E-state index >= 15 is 0 Å². The van der Waals surface area contributed by atoms with Gasteiger partial charge in [0.2, 0.25) is 6.29 Å². The number of aliphatic hydroxyl groups is 17. The molecule has 9 aliphatic rings. The largest absolute Gasteiger partial charge is 0.432 e. The standard InChI is InChI=1S/C51H82O27/c1-19-12-50-9-5-26-48(2,7-4-8-49(26,3)47(69)77-45-41(37(66)32(61)24(16-55)73-45)75-43-38(67)35(64)30(59)22(14-53)71-43)27(50)6-10-51(19,18-50)78-46-42(76-44-39(68)36(65)31(60)23(15-54)72-44)40(33(62)25(17-56)74-46)70-21-11-20(13-52)28(57)34(63)29(21)58/h20-46,52-68H,1,4-18H2,2-3H3/t20?,21?,22?,23?,24?,25?,26?,27?,28?,29?,30?,31?,32?,33?,34?,35?,36?,37?,38?,39?,40?,41?,42?,43?,44?,45?,46?,48-,49-,50-,51+/m1/s1. The first-order valence-electron chi connectivity index (χ1n) is 27.2. The zero-order valence-corrected chi connectivity index (χ0v) is 43.6. The molecule has 27 nitrogen and oxygen atoms in total. The lowest BCUT2D eigenvalue weighted by Gasteiger charge is -2.64. The molecule has 0 radical (unpaired) electrons. The van der Waals surface area contributed by atoms with Crippen molar-refractivity contribution in [3.8, 4) is 0 Å². The van der Waals surface area contributed by atoms with Crippen molar-refractivity contribution in [2.75, 3.05) is 33.0 Å². The number of hydrogen-bond donors (Lipinski definition) is 17. The van der Waals surface area contributed by atoms with Crippen LogP contribution < -0.4 is 0 Å². The molecule has 5 saturated carbocycles. The van der Waals surface area contributed by atoms with Crippen LogP contribution in [0.2, 0.25) is 0 Å². The van der Waals surface area contributed by atoms with E-state index in [1.54, 1.807) is 6.92 Å². The third-order valence-electron chi connectivity index (χ3n) is 19.7. The van der Waals surface area contributed by atoms with Gasteiger partial charge in [-0.25, -0.2) is 0 Å². The van der Waals surface area contributed by atoms with Crippen LogP contribution in [-0.4, -0.2) is 279 Å². The third kappa shape index (κ3) is 10.3. The molecule has 4 aliphatic heterocycles. The van der Waals surface area contributed by atoms with Crippen molar-refractivity contribution in [3.05, 3.63) is 12.2 Å². The lowest BCUT2D eigenvalue weighted by Crippen LogP contribution is -2.67. The fourth-order valence-electron chi connectivity index (χ4n) is 15.4. The van der Waals surface area contributed by atoms with Gasteiger partial charge >= 0.3 is 5.97 Å². The van der Waals surface area contributed by atoms with Crippen LogP contribution in [-0.2, 0) is 47.4 Å². The summed E-state index contributed by atoms with van der Waals surface area (Å²) in [6, 6.07) is 0. The number of esters is 1. The van der Waals surface area contributed by atoms with E-state index in [1.165, 1.54) is 0 Å². The fourth-order valence-corrected chi connectivity index (χ4v) is 15.4. The van der Waals surface area contributed by atoms with Gasteiger partial charge in [-0.1, -0.05) is 19.9 Å². The highest BCUT2D eigenvalue weighted by Crippen LogP contribution is 2.74. The van der Waals surface area contributed by atoms with Crippen LogP contribution in [0.25, 0.3) is 0 Å². The van der Waals surface area contributed by atoms with Crippen LogP contribution in [0.4, 0.5) is 0 Å². The Kier molecular flexibility index (Phi) is 18.2.